The third-order valence-corrected chi connectivity index (χ3v) is 8.86. The summed E-state index contributed by atoms with van der Waals surface area (Å²) in [6.45, 7) is 2.72. The Kier molecular flexibility index (Phi) is 8.46. The van der Waals surface area contributed by atoms with Crippen LogP contribution in [0.1, 0.15) is 55.6 Å². The van der Waals surface area contributed by atoms with Gasteiger partial charge >= 0.3 is 5.97 Å². The number of carbonyl (C=O) groups is 2. The molecule has 40 heavy (non-hydrogen) atoms. The van der Waals surface area contributed by atoms with Gasteiger partial charge in [0.05, 0.1) is 17.1 Å². The van der Waals surface area contributed by atoms with Crippen LogP contribution in [0.5, 0.6) is 5.88 Å². The highest BCUT2D eigenvalue weighted by Gasteiger charge is 2.32. The molecule has 212 valence electrons. The van der Waals surface area contributed by atoms with Gasteiger partial charge in [0.2, 0.25) is 0 Å². The molecule has 0 atom stereocenters. The number of carboxylic acid groups (broad SMARTS) is 1. The molecule has 5 rings (SSSR count). The quantitative estimate of drug-likeness (QED) is 0.238. The predicted molar refractivity (Wildman–Crippen MR) is 163 cm³/mol. The summed E-state index contributed by atoms with van der Waals surface area (Å²) >= 11 is 2.36. The van der Waals surface area contributed by atoms with Crippen LogP contribution in [0.15, 0.2) is 36.4 Å². The maximum absolute atomic E-state index is 13.8. The third-order valence-electron chi connectivity index (χ3n) is 7.70. The van der Waals surface area contributed by atoms with Crippen LogP contribution in [0.4, 0.5) is 11.5 Å². The number of hydrogen-bond donors (Lipinski definition) is 1. The number of benzene rings is 1. The summed E-state index contributed by atoms with van der Waals surface area (Å²) in [5.41, 5.74) is 4.54. The fourth-order valence-electron chi connectivity index (χ4n) is 5.28. The minimum Gasteiger partial charge on any atom is -0.481 e. The highest BCUT2D eigenvalue weighted by molar-refractivity contribution is 14.1. The van der Waals surface area contributed by atoms with E-state index < -0.39 is 5.97 Å². The first-order valence-corrected chi connectivity index (χ1v) is 14.9. The highest BCUT2D eigenvalue weighted by atomic mass is 127. The van der Waals surface area contributed by atoms with Crippen molar-refractivity contribution in [2.75, 3.05) is 25.5 Å². The number of hydrogen-bond acceptors (Lipinski definition) is 6. The lowest BCUT2D eigenvalue weighted by Gasteiger charge is -2.26. The van der Waals surface area contributed by atoms with E-state index in [2.05, 4.69) is 46.7 Å². The fourth-order valence-corrected chi connectivity index (χ4v) is 5.77. The molecule has 0 spiro atoms. The summed E-state index contributed by atoms with van der Waals surface area (Å²) in [5, 5.41) is 13.9. The molecular formula is C30H36IN5O4. The van der Waals surface area contributed by atoms with Crippen molar-refractivity contribution in [2.24, 2.45) is 13.0 Å². The summed E-state index contributed by atoms with van der Waals surface area (Å²) in [6.07, 6.45) is 8.08. The standard InChI is InChI=1S/C30H36IN5O4/c1-18-16-25(22(17-23(18)31)19-7-8-19)36(27(37)6-5-15-34(2)3)26-14-13-24-28(32-26)29(33-35(24)4)40-21-11-9-20(10-12-21)30(38)39/h5-6,13-14,16-17,19-21H,7-12,15H2,1-4H3,(H,38,39)/b6-5+. The van der Waals surface area contributed by atoms with Crippen LogP contribution in [-0.2, 0) is 16.6 Å². The third kappa shape index (κ3) is 6.17. The van der Waals surface area contributed by atoms with E-state index in [1.54, 1.807) is 15.7 Å². The molecule has 2 aliphatic rings. The Labute approximate surface area is 248 Å². The van der Waals surface area contributed by atoms with Crippen LogP contribution in [0.3, 0.4) is 0 Å². The molecule has 2 aliphatic carbocycles. The van der Waals surface area contributed by atoms with E-state index in [1.807, 2.05) is 44.3 Å². The number of carboxylic acids is 1. The van der Waals surface area contributed by atoms with Gasteiger partial charge in [-0.15, -0.1) is 5.10 Å². The number of aryl methyl sites for hydroxylation is 2. The first-order chi connectivity index (χ1) is 19.1. The number of aliphatic carboxylic acids is 1. The molecule has 2 heterocycles. The number of ether oxygens (including phenoxy) is 1. The van der Waals surface area contributed by atoms with Gasteiger partial charge in [0.15, 0.2) is 5.52 Å². The van der Waals surface area contributed by atoms with E-state index in [4.69, 9.17) is 9.72 Å². The first-order valence-electron chi connectivity index (χ1n) is 13.8. The Morgan fingerprint density at radius 1 is 1.15 bits per heavy atom. The zero-order chi connectivity index (χ0) is 28.6. The Morgan fingerprint density at radius 2 is 1.88 bits per heavy atom. The molecule has 2 saturated carbocycles. The molecule has 10 heteroatoms. The molecule has 0 radical (unpaired) electrons. The predicted octanol–water partition coefficient (Wildman–Crippen LogP) is 5.56. The minimum absolute atomic E-state index is 0.119. The van der Waals surface area contributed by atoms with Gasteiger partial charge in [0.25, 0.3) is 11.8 Å². The summed E-state index contributed by atoms with van der Waals surface area (Å²) in [4.78, 5) is 33.9. The summed E-state index contributed by atoms with van der Waals surface area (Å²) in [7, 11) is 5.78. The number of carbonyl (C=O) groups excluding carboxylic acids is 1. The second-order valence-electron chi connectivity index (χ2n) is 11.2. The maximum Gasteiger partial charge on any atom is 0.306 e. The number of amides is 1. The summed E-state index contributed by atoms with van der Waals surface area (Å²) in [5.74, 6) is 0.149. The number of rotatable bonds is 9. The molecular weight excluding hydrogens is 621 g/mol. The lowest BCUT2D eigenvalue weighted by molar-refractivity contribution is -0.143. The molecule has 2 fully saturated rings. The largest absolute Gasteiger partial charge is 0.481 e. The zero-order valence-corrected chi connectivity index (χ0v) is 25.6. The highest BCUT2D eigenvalue weighted by Crippen LogP contribution is 2.47. The number of pyridine rings is 1. The Morgan fingerprint density at radius 3 is 2.52 bits per heavy atom. The van der Waals surface area contributed by atoms with Gasteiger partial charge in [0.1, 0.15) is 11.9 Å². The number of aromatic nitrogens is 3. The molecule has 0 saturated heterocycles. The number of nitrogens with zero attached hydrogens (tertiary/aromatic N) is 5. The molecule has 0 bridgehead atoms. The minimum atomic E-state index is -0.742. The van der Waals surface area contributed by atoms with E-state index >= 15 is 0 Å². The maximum atomic E-state index is 13.8. The molecule has 2 aromatic heterocycles. The first kappa shape index (κ1) is 28.5. The van der Waals surface area contributed by atoms with Crippen LogP contribution in [0, 0.1) is 16.4 Å². The molecule has 3 aromatic rings. The van der Waals surface area contributed by atoms with Crippen LogP contribution in [0.25, 0.3) is 11.0 Å². The number of likely N-dealkylation sites (N-methyl/N-ethyl adjacent to an activating group) is 1. The van der Waals surface area contributed by atoms with Crippen molar-refractivity contribution < 1.29 is 19.4 Å². The molecule has 9 nitrogen and oxygen atoms in total. The Bertz CT molecular complexity index is 1450. The van der Waals surface area contributed by atoms with E-state index in [9.17, 15) is 14.7 Å². The lowest BCUT2D eigenvalue weighted by Crippen LogP contribution is -2.28. The second-order valence-corrected chi connectivity index (χ2v) is 12.3. The Hall–Kier alpha value is -2.99. The van der Waals surface area contributed by atoms with Crippen LogP contribution >= 0.6 is 22.6 Å². The van der Waals surface area contributed by atoms with Crippen LogP contribution < -0.4 is 9.64 Å². The molecule has 0 unspecified atom stereocenters. The average molecular weight is 658 g/mol. The topological polar surface area (TPSA) is 101 Å². The molecule has 1 N–H and O–H groups in total. The fraction of sp³-hybridized carbons (Fsp3) is 0.467. The molecule has 0 aliphatic heterocycles. The van der Waals surface area contributed by atoms with Crippen molar-refractivity contribution >= 4 is 57.0 Å². The molecule has 1 aromatic carbocycles. The number of fused-ring (bicyclic) bond motifs is 1. The lowest BCUT2D eigenvalue weighted by atomic mass is 9.87. The van der Waals surface area contributed by atoms with E-state index in [0.717, 1.165) is 29.6 Å². The van der Waals surface area contributed by atoms with Crippen molar-refractivity contribution in [2.45, 2.75) is 57.5 Å². The summed E-state index contributed by atoms with van der Waals surface area (Å²) in [6, 6.07) is 8.10. The van der Waals surface area contributed by atoms with Gasteiger partial charge in [0, 0.05) is 23.2 Å². The van der Waals surface area contributed by atoms with Crippen molar-refractivity contribution in [3.05, 3.63) is 51.1 Å². The van der Waals surface area contributed by atoms with E-state index in [-0.39, 0.29) is 17.9 Å². The van der Waals surface area contributed by atoms with Gasteiger partial charge in [-0.3, -0.25) is 19.2 Å². The monoisotopic (exact) mass is 657 g/mol. The smallest absolute Gasteiger partial charge is 0.306 e. The van der Waals surface area contributed by atoms with Gasteiger partial charge < -0.3 is 14.7 Å². The van der Waals surface area contributed by atoms with E-state index in [1.165, 1.54) is 9.13 Å². The number of halogens is 1. The second kappa shape index (κ2) is 11.9. The summed E-state index contributed by atoms with van der Waals surface area (Å²) < 4.78 is 9.22. The van der Waals surface area contributed by atoms with Crippen molar-refractivity contribution in [3.8, 4) is 5.88 Å². The van der Waals surface area contributed by atoms with Crippen molar-refractivity contribution in [3.63, 3.8) is 0 Å². The van der Waals surface area contributed by atoms with Gasteiger partial charge in [-0.1, -0.05) is 6.08 Å². The normalized spacial score (nSPS) is 19.4. The van der Waals surface area contributed by atoms with Gasteiger partial charge in [-0.2, -0.15) is 0 Å². The SMILES string of the molecule is Cc1cc(N(C(=O)/C=C/CN(C)C)c2ccc3c(n2)c(OC2CCC(C(=O)O)CC2)nn3C)c(C2CC2)cc1I. The van der Waals surface area contributed by atoms with Crippen LogP contribution in [0.2, 0.25) is 0 Å². The number of anilines is 2. The zero-order valence-electron chi connectivity index (χ0n) is 23.4. The Balaban J connectivity index is 1.54. The molecule has 1 amide bonds. The van der Waals surface area contributed by atoms with Crippen LogP contribution in [-0.4, -0.2) is 63.4 Å². The van der Waals surface area contributed by atoms with Crippen molar-refractivity contribution in [1.82, 2.24) is 19.7 Å². The van der Waals surface area contributed by atoms with Crippen molar-refractivity contribution in [1.29, 1.82) is 0 Å². The average Bonchev–Trinajstić information content (AvgIpc) is 3.71. The van der Waals surface area contributed by atoms with E-state index in [0.29, 0.717) is 55.4 Å². The van der Waals surface area contributed by atoms with Gasteiger partial charge in [-0.25, -0.2) is 4.98 Å². The van der Waals surface area contributed by atoms with Gasteiger partial charge in [-0.05, 0) is 123 Å².